The first-order valence-corrected chi connectivity index (χ1v) is 10.1. The van der Waals surface area contributed by atoms with Crippen molar-refractivity contribution in [3.05, 3.63) is 99.6 Å². The summed E-state index contributed by atoms with van der Waals surface area (Å²) in [6, 6.07) is 21.4. The van der Waals surface area contributed by atoms with Crippen molar-refractivity contribution in [3.63, 3.8) is 0 Å². The smallest absolute Gasteiger partial charge is 0.265 e. The number of nitrogens with one attached hydrogen (secondary N) is 1. The van der Waals surface area contributed by atoms with Crippen LogP contribution in [-0.2, 0) is 15.4 Å². The quantitative estimate of drug-likeness (QED) is 0.651. The fourth-order valence-electron chi connectivity index (χ4n) is 4.32. The van der Waals surface area contributed by atoms with Gasteiger partial charge in [-0.25, -0.2) is 0 Å². The summed E-state index contributed by atoms with van der Waals surface area (Å²) < 4.78 is 0. The molecule has 0 spiro atoms. The molecule has 0 aromatic heterocycles. The van der Waals surface area contributed by atoms with E-state index in [4.69, 9.17) is 16.4 Å². The zero-order chi connectivity index (χ0) is 20.9. The monoisotopic (exact) mass is 417 g/mol. The summed E-state index contributed by atoms with van der Waals surface area (Å²) in [6.07, 6.45) is 0. The molecule has 0 saturated carbocycles. The fraction of sp³-hybridized carbons (Fsp3) is 0.167. The van der Waals surface area contributed by atoms with Crippen LogP contribution in [0, 0.1) is 13.8 Å². The van der Waals surface area contributed by atoms with Crippen molar-refractivity contribution in [3.8, 4) is 0 Å². The molecular formula is C24H20ClN3O2. The van der Waals surface area contributed by atoms with Crippen LogP contribution in [0.3, 0.4) is 0 Å². The van der Waals surface area contributed by atoms with Crippen LogP contribution in [0.15, 0.2) is 71.9 Å². The van der Waals surface area contributed by atoms with Gasteiger partial charge in [0.2, 0.25) is 5.91 Å². The molecule has 5 rings (SSSR count). The van der Waals surface area contributed by atoms with Gasteiger partial charge in [0.25, 0.3) is 5.72 Å². The Balaban J connectivity index is 1.77. The second-order valence-corrected chi connectivity index (χ2v) is 8.15. The molecule has 3 aromatic carbocycles. The summed E-state index contributed by atoms with van der Waals surface area (Å²) in [5.41, 5.74) is 4.31. The average Bonchev–Trinajstić information content (AvgIpc) is 3.03. The molecule has 0 aliphatic carbocycles. The molecule has 150 valence electrons. The Morgan fingerprint density at radius 3 is 2.50 bits per heavy atom. The van der Waals surface area contributed by atoms with E-state index < -0.39 is 5.72 Å². The molecule has 30 heavy (non-hydrogen) atoms. The number of halogens is 1. The molecule has 0 bridgehead atoms. The van der Waals surface area contributed by atoms with Crippen molar-refractivity contribution in [2.45, 2.75) is 19.6 Å². The van der Waals surface area contributed by atoms with Crippen molar-refractivity contribution in [2.24, 2.45) is 5.16 Å². The Hall–Kier alpha value is -3.31. The van der Waals surface area contributed by atoms with E-state index >= 15 is 0 Å². The summed E-state index contributed by atoms with van der Waals surface area (Å²) in [6.45, 7) is 4.18. The molecule has 5 nitrogen and oxygen atoms in total. The number of hydrogen-bond acceptors (Lipinski definition) is 4. The van der Waals surface area contributed by atoms with Gasteiger partial charge in [-0.2, -0.15) is 0 Å². The van der Waals surface area contributed by atoms with Crippen LogP contribution in [0.25, 0.3) is 0 Å². The van der Waals surface area contributed by atoms with Gasteiger partial charge in [-0.3, -0.25) is 9.69 Å². The van der Waals surface area contributed by atoms with Gasteiger partial charge >= 0.3 is 0 Å². The zero-order valence-corrected chi connectivity index (χ0v) is 17.4. The molecule has 1 amide bonds. The third-order valence-electron chi connectivity index (χ3n) is 5.47. The van der Waals surface area contributed by atoms with Crippen LogP contribution in [0.1, 0.15) is 27.8 Å². The first kappa shape index (κ1) is 18.7. The number of benzene rings is 3. The van der Waals surface area contributed by atoms with Crippen LogP contribution in [-0.4, -0.2) is 23.2 Å². The maximum Gasteiger partial charge on any atom is 0.265 e. The van der Waals surface area contributed by atoms with Gasteiger partial charge in [-0.05, 0) is 44.2 Å². The lowest BCUT2D eigenvalue weighted by Gasteiger charge is -2.36. The second-order valence-electron chi connectivity index (χ2n) is 7.72. The van der Waals surface area contributed by atoms with E-state index in [2.05, 4.69) is 28.7 Å². The summed E-state index contributed by atoms with van der Waals surface area (Å²) >= 11 is 6.38. The van der Waals surface area contributed by atoms with Gasteiger partial charge < -0.3 is 10.2 Å². The topological polar surface area (TPSA) is 53.9 Å². The van der Waals surface area contributed by atoms with Crippen molar-refractivity contribution >= 4 is 29.0 Å². The van der Waals surface area contributed by atoms with Crippen LogP contribution in [0.4, 0.5) is 5.69 Å². The van der Waals surface area contributed by atoms with E-state index in [-0.39, 0.29) is 12.5 Å². The number of fused-ring (bicyclic) bond motifs is 3. The Bertz CT molecular complexity index is 1170. The third-order valence-corrected chi connectivity index (χ3v) is 5.70. The van der Waals surface area contributed by atoms with Crippen molar-refractivity contribution in [1.29, 1.82) is 0 Å². The molecule has 1 unspecified atom stereocenters. The third kappa shape index (κ3) is 2.85. The van der Waals surface area contributed by atoms with Gasteiger partial charge in [-0.1, -0.05) is 64.3 Å². The van der Waals surface area contributed by atoms with E-state index in [0.717, 1.165) is 27.8 Å². The Morgan fingerprint density at radius 1 is 1.03 bits per heavy atom. The number of carbonyl (C=O) groups excluding carboxylic acids is 1. The molecule has 0 saturated heterocycles. The van der Waals surface area contributed by atoms with E-state index in [1.165, 1.54) is 0 Å². The van der Waals surface area contributed by atoms with E-state index in [1.54, 1.807) is 6.07 Å². The number of nitrogens with zero attached hydrogens (tertiary/aromatic N) is 2. The molecule has 2 aliphatic rings. The van der Waals surface area contributed by atoms with Crippen LogP contribution < -0.4 is 5.32 Å². The number of anilines is 1. The second kappa shape index (κ2) is 6.89. The van der Waals surface area contributed by atoms with Gasteiger partial charge in [0.05, 0.1) is 5.69 Å². The fourth-order valence-corrected chi connectivity index (χ4v) is 4.49. The lowest BCUT2D eigenvalue weighted by molar-refractivity contribution is -0.121. The molecule has 0 fully saturated rings. The van der Waals surface area contributed by atoms with E-state index in [9.17, 15) is 4.79 Å². The number of hydrogen-bond donors (Lipinski definition) is 1. The maximum absolute atomic E-state index is 12.9. The number of rotatable bonds is 2. The van der Waals surface area contributed by atoms with Gasteiger partial charge in [0.1, 0.15) is 6.54 Å². The number of amidine groups is 1. The molecule has 2 heterocycles. The lowest BCUT2D eigenvalue weighted by Crippen LogP contribution is -2.48. The lowest BCUT2D eigenvalue weighted by atomic mass is 9.91. The standard InChI is InChI=1S/C24H20ClN3O2/c1-15-10-16(2)12-17(11-15)23-27-30-24(18-6-4-3-5-7-18)20-13-19(25)8-9-21(20)26-22(29)14-28(23)24/h3-13H,14H2,1-2H3,(H,26,29). The Morgan fingerprint density at radius 2 is 1.77 bits per heavy atom. The summed E-state index contributed by atoms with van der Waals surface area (Å²) in [7, 11) is 0. The SMILES string of the molecule is Cc1cc(C)cc(C2=NOC3(c4ccccc4)c4cc(Cl)ccc4NC(=O)CN23)c1. The van der Waals surface area contributed by atoms with Crippen LogP contribution in [0.2, 0.25) is 5.02 Å². The first-order chi connectivity index (χ1) is 14.5. The molecule has 3 aromatic rings. The summed E-state index contributed by atoms with van der Waals surface area (Å²) in [4.78, 5) is 21.0. The summed E-state index contributed by atoms with van der Waals surface area (Å²) in [5, 5.41) is 8.06. The van der Waals surface area contributed by atoms with Gasteiger partial charge in [-0.15, -0.1) is 0 Å². The largest absolute Gasteiger partial charge is 0.355 e. The molecule has 2 aliphatic heterocycles. The van der Waals surface area contributed by atoms with Crippen LogP contribution in [0.5, 0.6) is 0 Å². The maximum atomic E-state index is 12.9. The minimum atomic E-state index is -1.10. The highest BCUT2D eigenvalue weighted by atomic mass is 35.5. The first-order valence-electron chi connectivity index (χ1n) is 9.75. The minimum Gasteiger partial charge on any atom is -0.355 e. The highest BCUT2D eigenvalue weighted by molar-refractivity contribution is 6.30. The highest BCUT2D eigenvalue weighted by Crippen LogP contribution is 2.47. The average molecular weight is 418 g/mol. The zero-order valence-electron chi connectivity index (χ0n) is 16.6. The normalized spacial score (nSPS) is 19.9. The van der Waals surface area contributed by atoms with Gasteiger partial charge in [0, 0.05) is 21.7 Å². The molecular weight excluding hydrogens is 398 g/mol. The summed E-state index contributed by atoms with van der Waals surface area (Å²) in [5.74, 6) is 0.479. The van der Waals surface area contributed by atoms with E-state index in [0.29, 0.717) is 16.5 Å². The van der Waals surface area contributed by atoms with E-state index in [1.807, 2.05) is 61.2 Å². The Kier molecular flexibility index (Phi) is 4.29. The van der Waals surface area contributed by atoms with Crippen molar-refractivity contribution in [1.82, 2.24) is 4.90 Å². The highest BCUT2D eigenvalue weighted by Gasteiger charge is 2.53. The number of oxime groups is 1. The number of aryl methyl sites for hydroxylation is 2. The Labute approximate surface area is 179 Å². The van der Waals surface area contributed by atoms with Crippen molar-refractivity contribution in [2.75, 3.05) is 11.9 Å². The molecule has 0 radical (unpaired) electrons. The number of carbonyl (C=O) groups is 1. The predicted octanol–water partition coefficient (Wildman–Crippen LogP) is 4.80. The van der Waals surface area contributed by atoms with Crippen LogP contribution >= 0.6 is 11.6 Å². The minimum absolute atomic E-state index is 0.0903. The van der Waals surface area contributed by atoms with Gasteiger partial charge in [0.15, 0.2) is 5.84 Å². The number of amides is 1. The molecule has 1 N–H and O–H groups in total. The molecule has 1 atom stereocenters. The molecule has 6 heteroatoms. The van der Waals surface area contributed by atoms with Crippen molar-refractivity contribution < 1.29 is 9.63 Å². The predicted molar refractivity (Wildman–Crippen MR) is 118 cm³/mol.